The van der Waals surface area contributed by atoms with Crippen molar-refractivity contribution in [1.29, 1.82) is 0 Å². The van der Waals surface area contributed by atoms with E-state index in [0.29, 0.717) is 5.02 Å². The van der Waals surface area contributed by atoms with Gasteiger partial charge in [0.1, 0.15) is 0 Å². The average molecular weight is 280 g/mol. The van der Waals surface area contributed by atoms with Crippen molar-refractivity contribution in [3.05, 3.63) is 27.0 Å². The van der Waals surface area contributed by atoms with E-state index in [0.717, 1.165) is 14.8 Å². The van der Waals surface area contributed by atoms with Gasteiger partial charge >= 0.3 is 0 Å². The van der Waals surface area contributed by atoms with Crippen LogP contribution in [0.15, 0.2) is 26.9 Å². The zero-order chi connectivity index (χ0) is 8.72. The Morgan fingerprint density at radius 3 is 3.00 bits per heavy atom. The molecule has 0 nitrogen and oxygen atoms in total. The molecule has 4 heteroatoms. The van der Waals surface area contributed by atoms with E-state index in [9.17, 15) is 0 Å². The Balaban J connectivity index is 2.94. The first-order valence-electron chi connectivity index (χ1n) is 3.24. The Kier molecular flexibility index (Phi) is 2.38. The Labute approximate surface area is 93.1 Å². The first-order valence-corrected chi connectivity index (χ1v) is 5.74. The molecule has 0 unspecified atom stereocenters. The molecule has 12 heavy (non-hydrogen) atoms. The van der Waals surface area contributed by atoms with Crippen molar-refractivity contribution in [2.24, 2.45) is 0 Å². The van der Waals surface area contributed by atoms with Crippen LogP contribution in [0.2, 0.25) is 5.02 Å². The van der Waals surface area contributed by atoms with Crippen LogP contribution in [-0.2, 0) is 0 Å². The number of fused-ring (bicyclic) bond motifs is 1. The largest absolute Gasteiger partial charge is 0.144 e. The van der Waals surface area contributed by atoms with Crippen molar-refractivity contribution in [3.8, 4) is 0 Å². The van der Waals surface area contributed by atoms with Crippen LogP contribution in [0.4, 0.5) is 0 Å². The summed E-state index contributed by atoms with van der Waals surface area (Å²) in [5, 5.41) is 3.84. The van der Waals surface area contributed by atoms with Gasteiger partial charge in [0, 0.05) is 19.5 Å². The predicted molar refractivity (Wildman–Crippen MR) is 61.8 cm³/mol. The normalized spacial score (nSPS) is 10.9. The third-order valence-corrected chi connectivity index (χ3v) is 4.33. The van der Waals surface area contributed by atoms with Gasteiger partial charge in [-0.2, -0.15) is 0 Å². The van der Waals surface area contributed by atoms with Gasteiger partial charge in [-0.15, -0.1) is 24.0 Å². The van der Waals surface area contributed by atoms with Crippen molar-refractivity contribution in [3.63, 3.8) is 0 Å². The number of rotatable bonds is 0. The van der Waals surface area contributed by atoms with Gasteiger partial charge in [0.15, 0.2) is 0 Å². The highest BCUT2D eigenvalue weighted by Gasteiger charge is 2.07. The molecule has 0 N–H and O–H groups in total. The first-order chi connectivity index (χ1) is 5.70. The van der Waals surface area contributed by atoms with Crippen molar-refractivity contribution in [2.75, 3.05) is 0 Å². The van der Waals surface area contributed by atoms with Gasteiger partial charge in [-0.3, -0.25) is 0 Å². The lowest BCUT2D eigenvalue weighted by molar-refractivity contribution is 1.55. The molecule has 2 aromatic rings. The number of hydrogen-bond acceptors (Lipinski definition) is 2. The van der Waals surface area contributed by atoms with Crippen molar-refractivity contribution >= 4 is 61.6 Å². The summed E-state index contributed by atoms with van der Waals surface area (Å²) >= 11 is 15.4. The van der Waals surface area contributed by atoms with Crippen molar-refractivity contribution < 1.29 is 0 Å². The first kappa shape index (κ1) is 8.88. The Morgan fingerprint density at radius 2 is 2.25 bits per heavy atom. The van der Waals surface area contributed by atoms with E-state index in [1.165, 1.54) is 4.70 Å². The van der Waals surface area contributed by atoms with Crippen LogP contribution in [0.25, 0.3) is 10.1 Å². The quantitative estimate of drug-likeness (QED) is 0.669. The molecule has 0 aliphatic heterocycles. The van der Waals surface area contributed by atoms with Crippen LogP contribution in [0.1, 0.15) is 0 Å². The molecule has 0 fully saturated rings. The number of hydrogen-bond donors (Lipinski definition) is 1. The summed E-state index contributed by atoms with van der Waals surface area (Å²) in [6.07, 6.45) is 0. The molecule has 0 aliphatic rings. The van der Waals surface area contributed by atoms with Gasteiger partial charge < -0.3 is 0 Å². The van der Waals surface area contributed by atoms with E-state index in [2.05, 4.69) is 28.6 Å². The molecule has 0 bridgehead atoms. The SMILES string of the molecule is Sc1c(Cl)c(Br)cc2sccc12. The van der Waals surface area contributed by atoms with Crippen LogP contribution >= 0.6 is 51.5 Å². The third kappa shape index (κ3) is 1.29. The lowest BCUT2D eigenvalue weighted by atomic mass is 10.3. The van der Waals surface area contributed by atoms with E-state index >= 15 is 0 Å². The Hall–Kier alpha value is 0.300. The minimum Gasteiger partial charge on any atom is -0.144 e. The summed E-state index contributed by atoms with van der Waals surface area (Å²) in [6.45, 7) is 0. The van der Waals surface area contributed by atoms with E-state index in [1.54, 1.807) is 11.3 Å². The zero-order valence-corrected chi connectivity index (χ0v) is 9.90. The summed E-state index contributed by atoms with van der Waals surface area (Å²) in [5.74, 6) is 0. The standard InChI is InChI=1S/C8H4BrClS2/c9-5-3-6-4(1-2-12-6)8(11)7(5)10/h1-3,11H. The summed E-state index contributed by atoms with van der Waals surface area (Å²) in [6, 6.07) is 4.04. The Morgan fingerprint density at radius 1 is 1.50 bits per heavy atom. The van der Waals surface area contributed by atoms with Crippen molar-refractivity contribution in [2.45, 2.75) is 4.90 Å². The number of thiophene rings is 1. The zero-order valence-electron chi connectivity index (χ0n) is 5.84. The second-order valence-electron chi connectivity index (χ2n) is 2.35. The minimum atomic E-state index is 0.684. The third-order valence-electron chi connectivity index (χ3n) is 1.63. The molecule has 0 radical (unpaired) electrons. The molecule has 2 rings (SSSR count). The molecule has 1 aromatic carbocycles. The number of benzene rings is 1. The van der Waals surface area contributed by atoms with E-state index < -0.39 is 0 Å². The highest BCUT2D eigenvalue weighted by Crippen LogP contribution is 2.37. The predicted octanol–water partition coefficient (Wildman–Crippen LogP) is 4.61. The second kappa shape index (κ2) is 3.22. The summed E-state index contributed by atoms with van der Waals surface area (Å²) < 4.78 is 2.11. The Bertz CT molecular complexity index is 436. The second-order valence-corrected chi connectivity index (χ2v) is 4.98. The maximum absolute atomic E-state index is 5.99. The van der Waals surface area contributed by atoms with Gasteiger partial charge in [0.2, 0.25) is 0 Å². The van der Waals surface area contributed by atoms with Gasteiger partial charge in [0.25, 0.3) is 0 Å². The molecular formula is C8H4BrClS2. The molecule has 62 valence electrons. The van der Waals surface area contributed by atoms with E-state index in [-0.39, 0.29) is 0 Å². The van der Waals surface area contributed by atoms with Gasteiger partial charge in [-0.1, -0.05) is 11.6 Å². The van der Waals surface area contributed by atoms with Gasteiger partial charge in [-0.25, -0.2) is 0 Å². The molecule has 0 amide bonds. The van der Waals surface area contributed by atoms with Gasteiger partial charge in [0.05, 0.1) is 5.02 Å². The average Bonchev–Trinajstić information content (AvgIpc) is 2.48. The summed E-state index contributed by atoms with van der Waals surface area (Å²) in [4.78, 5) is 0.849. The van der Waals surface area contributed by atoms with Crippen LogP contribution in [-0.4, -0.2) is 0 Å². The maximum Gasteiger partial charge on any atom is 0.0688 e. The molecular weight excluding hydrogens is 276 g/mol. The molecule has 0 spiro atoms. The van der Waals surface area contributed by atoms with Crippen LogP contribution < -0.4 is 0 Å². The van der Waals surface area contributed by atoms with Crippen LogP contribution in [0.5, 0.6) is 0 Å². The highest BCUT2D eigenvalue weighted by molar-refractivity contribution is 9.10. The lowest BCUT2D eigenvalue weighted by Gasteiger charge is -2.00. The minimum absolute atomic E-state index is 0.684. The topological polar surface area (TPSA) is 0 Å². The summed E-state index contributed by atoms with van der Waals surface area (Å²) in [5.41, 5.74) is 0. The fourth-order valence-corrected chi connectivity index (χ4v) is 3.15. The molecule has 0 saturated heterocycles. The van der Waals surface area contributed by atoms with Crippen LogP contribution in [0.3, 0.4) is 0 Å². The van der Waals surface area contributed by atoms with E-state index in [4.69, 9.17) is 11.6 Å². The van der Waals surface area contributed by atoms with Crippen LogP contribution in [0, 0.1) is 0 Å². The molecule has 1 aromatic heterocycles. The molecule has 0 aliphatic carbocycles. The van der Waals surface area contributed by atoms with Crippen molar-refractivity contribution in [1.82, 2.24) is 0 Å². The monoisotopic (exact) mass is 278 g/mol. The molecule has 0 saturated carbocycles. The number of thiol groups is 1. The van der Waals surface area contributed by atoms with E-state index in [1.807, 2.05) is 17.5 Å². The summed E-state index contributed by atoms with van der Waals surface area (Å²) in [7, 11) is 0. The van der Waals surface area contributed by atoms with Gasteiger partial charge in [-0.05, 0) is 33.4 Å². The fraction of sp³-hybridized carbons (Fsp3) is 0. The lowest BCUT2D eigenvalue weighted by Crippen LogP contribution is -1.73. The maximum atomic E-state index is 5.99. The molecule has 0 atom stereocenters. The fourth-order valence-electron chi connectivity index (χ4n) is 1.04. The smallest absolute Gasteiger partial charge is 0.0688 e. The number of halogens is 2. The highest BCUT2D eigenvalue weighted by atomic mass is 79.9. The molecule has 1 heterocycles.